The maximum atomic E-state index is 12.0. The number of non-ortho nitro benzene ring substituents is 1. The van der Waals surface area contributed by atoms with E-state index < -0.39 is 4.92 Å². The van der Waals surface area contributed by atoms with Gasteiger partial charge in [-0.1, -0.05) is 25.5 Å². The number of hydrogen-bond donors (Lipinski definition) is 1. The molecule has 0 unspecified atom stereocenters. The average Bonchev–Trinajstić information content (AvgIpc) is 2.66. The van der Waals surface area contributed by atoms with Crippen LogP contribution in [-0.2, 0) is 4.79 Å². The van der Waals surface area contributed by atoms with E-state index in [-0.39, 0.29) is 24.2 Å². The summed E-state index contributed by atoms with van der Waals surface area (Å²) in [6, 6.07) is 11.5. The molecule has 0 aliphatic heterocycles. The lowest BCUT2D eigenvalue weighted by Crippen LogP contribution is -2.36. The lowest BCUT2D eigenvalue weighted by atomic mass is 10.0. The molecule has 1 amide bonds. The Kier molecular flexibility index (Phi) is 7.16. The number of hydrogen-bond acceptors (Lipinski definition) is 5. The first-order valence-electron chi connectivity index (χ1n) is 8.79. The van der Waals surface area contributed by atoms with E-state index in [1.54, 1.807) is 31.4 Å². The molecule has 0 saturated carbocycles. The second-order valence-corrected chi connectivity index (χ2v) is 6.21. The van der Waals surface area contributed by atoms with Crippen molar-refractivity contribution in [2.75, 3.05) is 13.7 Å². The van der Waals surface area contributed by atoms with Gasteiger partial charge in [0.1, 0.15) is 11.5 Å². The summed E-state index contributed by atoms with van der Waals surface area (Å²) in [7, 11) is 1.56. The predicted octanol–water partition coefficient (Wildman–Crippen LogP) is 3.95. The predicted molar refractivity (Wildman–Crippen MR) is 103 cm³/mol. The fourth-order valence-corrected chi connectivity index (χ4v) is 2.72. The molecular weight excluding hydrogens is 348 g/mol. The minimum atomic E-state index is -0.462. The molecule has 2 aromatic rings. The van der Waals surface area contributed by atoms with Gasteiger partial charge in [-0.15, -0.1) is 0 Å². The summed E-state index contributed by atoms with van der Waals surface area (Å²) in [5, 5.41) is 14.0. The van der Waals surface area contributed by atoms with Crippen LogP contribution in [0.3, 0.4) is 0 Å². The molecule has 0 bridgehead atoms. The SMILES string of the molecule is CCC[C@@H](C)NC(=O)COc1ccc([N+](=O)[O-])cc1-c1ccc(OC)cc1. The number of carbonyl (C=O) groups is 1. The maximum Gasteiger partial charge on any atom is 0.270 e. The van der Waals surface area contributed by atoms with Gasteiger partial charge in [0.05, 0.1) is 12.0 Å². The standard InChI is InChI=1S/C20H24N2O5/c1-4-5-14(2)21-20(23)13-27-19-11-8-16(22(24)25)12-18(19)15-6-9-17(26-3)10-7-15/h6-12,14H,4-5,13H2,1-3H3,(H,21,23)/t14-/m1/s1. The number of carbonyl (C=O) groups excluding carboxylic acids is 1. The van der Waals surface area contributed by atoms with Crippen molar-refractivity contribution in [1.29, 1.82) is 0 Å². The van der Waals surface area contributed by atoms with Gasteiger partial charge in [0.2, 0.25) is 0 Å². The van der Waals surface area contributed by atoms with E-state index >= 15 is 0 Å². The normalized spacial score (nSPS) is 11.5. The number of benzene rings is 2. The Hall–Kier alpha value is -3.09. The second kappa shape index (κ2) is 9.56. The summed E-state index contributed by atoms with van der Waals surface area (Å²) in [6.07, 6.45) is 1.87. The van der Waals surface area contributed by atoms with Crippen LogP contribution < -0.4 is 14.8 Å². The molecule has 1 atom stereocenters. The molecule has 2 rings (SSSR count). The highest BCUT2D eigenvalue weighted by atomic mass is 16.6. The molecule has 0 heterocycles. The van der Waals surface area contributed by atoms with Crippen molar-refractivity contribution in [3.05, 3.63) is 52.6 Å². The monoisotopic (exact) mass is 372 g/mol. The number of nitrogens with one attached hydrogen (secondary N) is 1. The Morgan fingerprint density at radius 2 is 1.93 bits per heavy atom. The van der Waals surface area contributed by atoms with Gasteiger partial charge in [-0.2, -0.15) is 0 Å². The van der Waals surface area contributed by atoms with Gasteiger partial charge < -0.3 is 14.8 Å². The summed E-state index contributed by atoms with van der Waals surface area (Å²) in [5.74, 6) is 0.856. The van der Waals surface area contributed by atoms with E-state index in [0.29, 0.717) is 17.1 Å². The van der Waals surface area contributed by atoms with E-state index in [4.69, 9.17) is 9.47 Å². The van der Waals surface area contributed by atoms with Crippen LogP contribution >= 0.6 is 0 Å². The van der Waals surface area contributed by atoms with Gasteiger partial charge in [0.25, 0.3) is 11.6 Å². The van der Waals surface area contributed by atoms with Crippen LogP contribution in [0, 0.1) is 10.1 Å². The third kappa shape index (κ3) is 5.70. The Morgan fingerprint density at radius 3 is 2.52 bits per heavy atom. The molecule has 0 fully saturated rings. The van der Waals surface area contributed by atoms with Crippen molar-refractivity contribution in [3.63, 3.8) is 0 Å². The van der Waals surface area contributed by atoms with Crippen LogP contribution in [0.25, 0.3) is 11.1 Å². The van der Waals surface area contributed by atoms with Gasteiger partial charge in [-0.25, -0.2) is 0 Å². The highest BCUT2D eigenvalue weighted by Crippen LogP contribution is 2.34. The van der Waals surface area contributed by atoms with Crippen LogP contribution in [0.1, 0.15) is 26.7 Å². The fraction of sp³-hybridized carbons (Fsp3) is 0.350. The number of nitro groups is 1. The Labute approximate surface area is 158 Å². The van der Waals surface area contributed by atoms with E-state index in [2.05, 4.69) is 12.2 Å². The third-order valence-corrected chi connectivity index (χ3v) is 4.06. The summed E-state index contributed by atoms with van der Waals surface area (Å²) >= 11 is 0. The Morgan fingerprint density at radius 1 is 1.22 bits per heavy atom. The second-order valence-electron chi connectivity index (χ2n) is 6.21. The fourth-order valence-electron chi connectivity index (χ4n) is 2.72. The topological polar surface area (TPSA) is 90.7 Å². The molecular formula is C20H24N2O5. The van der Waals surface area contributed by atoms with Crippen LogP contribution in [-0.4, -0.2) is 30.6 Å². The van der Waals surface area contributed by atoms with Crippen molar-refractivity contribution in [2.24, 2.45) is 0 Å². The zero-order chi connectivity index (χ0) is 19.8. The van der Waals surface area contributed by atoms with Crippen molar-refractivity contribution in [3.8, 4) is 22.6 Å². The smallest absolute Gasteiger partial charge is 0.270 e. The van der Waals surface area contributed by atoms with Crippen molar-refractivity contribution < 1.29 is 19.2 Å². The minimum absolute atomic E-state index is 0.0470. The van der Waals surface area contributed by atoms with Crippen molar-refractivity contribution in [1.82, 2.24) is 5.32 Å². The number of ether oxygens (including phenoxy) is 2. The minimum Gasteiger partial charge on any atom is -0.497 e. The van der Waals surface area contributed by atoms with E-state index in [9.17, 15) is 14.9 Å². The lowest BCUT2D eigenvalue weighted by molar-refractivity contribution is -0.384. The Bertz CT molecular complexity index is 789. The summed E-state index contributed by atoms with van der Waals surface area (Å²) in [4.78, 5) is 22.7. The first-order valence-corrected chi connectivity index (χ1v) is 8.79. The molecule has 7 heteroatoms. The molecule has 144 valence electrons. The molecule has 0 aromatic heterocycles. The molecule has 0 spiro atoms. The van der Waals surface area contributed by atoms with Gasteiger partial charge in [-0.05, 0) is 37.1 Å². The maximum absolute atomic E-state index is 12.0. The van der Waals surface area contributed by atoms with E-state index in [1.165, 1.54) is 18.2 Å². The van der Waals surface area contributed by atoms with E-state index in [1.807, 2.05) is 6.92 Å². The lowest BCUT2D eigenvalue weighted by Gasteiger charge is -2.15. The molecule has 7 nitrogen and oxygen atoms in total. The first-order chi connectivity index (χ1) is 12.9. The zero-order valence-corrected chi connectivity index (χ0v) is 15.7. The zero-order valence-electron chi connectivity index (χ0n) is 15.7. The summed E-state index contributed by atoms with van der Waals surface area (Å²) in [5.41, 5.74) is 1.23. The van der Waals surface area contributed by atoms with Gasteiger partial charge in [0.15, 0.2) is 6.61 Å². The average molecular weight is 372 g/mol. The van der Waals surface area contributed by atoms with Gasteiger partial charge >= 0.3 is 0 Å². The molecule has 0 saturated heterocycles. The van der Waals surface area contributed by atoms with Crippen LogP contribution in [0.2, 0.25) is 0 Å². The molecule has 2 aromatic carbocycles. The van der Waals surface area contributed by atoms with Crippen molar-refractivity contribution in [2.45, 2.75) is 32.7 Å². The summed E-state index contributed by atoms with van der Waals surface area (Å²) in [6.45, 7) is 3.84. The quantitative estimate of drug-likeness (QED) is 0.531. The molecule has 27 heavy (non-hydrogen) atoms. The highest BCUT2D eigenvalue weighted by Gasteiger charge is 2.15. The van der Waals surface area contributed by atoms with Crippen LogP contribution in [0.15, 0.2) is 42.5 Å². The molecule has 0 aliphatic rings. The van der Waals surface area contributed by atoms with Gasteiger partial charge in [-0.3, -0.25) is 14.9 Å². The number of methoxy groups -OCH3 is 1. The van der Waals surface area contributed by atoms with E-state index in [0.717, 1.165) is 18.4 Å². The highest BCUT2D eigenvalue weighted by molar-refractivity contribution is 5.79. The first kappa shape index (κ1) is 20.2. The Balaban J connectivity index is 2.22. The molecule has 1 N–H and O–H groups in total. The third-order valence-electron chi connectivity index (χ3n) is 4.06. The number of nitro benzene ring substituents is 1. The molecule has 0 aliphatic carbocycles. The summed E-state index contributed by atoms with van der Waals surface area (Å²) < 4.78 is 10.8. The number of amides is 1. The van der Waals surface area contributed by atoms with Crippen LogP contribution in [0.5, 0.6) is 11.5 Å². The number of nitrogens with zero attached hydrogens (tertiary/aromatic N) is 1. The van der Waals surface area contributed by atoms with Gasteiger partial charge in [0, 0.05) is 23.7 Å². The van der Waals surface area contributed by atoms with Crippen LogP contribution in [0.4, 0.5) is 5.69 Å². The van der Waals surface area contributed by atoms with Crippen molar-refractivity contribution >= 4 is 11.6 Å². The largest absolute Gasteiger partial charge is 0.497 e. The number of rotatable bonds is 9. The molecule has 0 radical (unpaired) electrons.